The molecule has 0 saturated heterocycles. The molecule has 0 saturated carbocycles. The summed E-state index contributed by atoms with van der Waals surface area (Å²) in [6, 6.07) is 2.81. The molecule has 1 aromatic heterocycles. The second-order valence-corrected chi connectivity index (χ2v) is 3.75. The Morgan fingerprint density at radius 3 is 2.71 bits per heavy atom. The van der Waals surface area contributed by atoms with E-state index in [0.29, 0.717) is 11.1 Å². The zero-order valence-corrected chi connectivity index (χ0v) is 9.89. The fraction of sp³-hybridized carbons (Fsp3) is 0.182. The molecule has 0 spiro atoms. The summed E-state index contributed by atoms with van der Waals surface area (Å²) in [5.41, 5.74) is 0.261. The average Bonchev–Trinajstić information content (AvgIpc) is 2.78. The molecule has 0 aliphatic heterocycles. The van der Waals surface area contributed by atoms with E-state index in [2.05, 4.69) is 9.72 Å². The van der Waals surface area contributed by atoms with E-state index in [-0.39, 0.29) is 16.2 Å². The van der Waals surface area contributed by atoms with Gasteiger partial charge >= 0.3 is 5.97 Å². The van der Waals surface area contributed by atoms with Gasteiger partial charge in [-0.15, -0.1) is 0 Å². The number of fused-ring (bicyclic) bond motifs is 1. The maximum absolute atomic E-state index is 13.7. The number of nitrogens with one attached hydrogen (secondary N) is 1. The largest absolute Gasteiger partial charge is 0.496 e. The van der Waals surface area contributed by atoms with Crippen LogP contribution in [0.3, 0.4) is 0 Å². The summed E-state index contributed by atoms with van der Waals surface area (Å²) in [5.74, 6) is -0.825. The van der Waals surface area contributed by atoms with Gasteiger partial charge in [0.05, 0.1) is 24.8 Å². The number of H-pyrrole nitrogens is 1. The molecule has 0 aliphatic carbocycles. The number of aromatic nitrogens is 1. The minimum Gasteiger partial charge on any atom is -0.496 e. The minimum absolute atomic E-state index is 0.0763. The van der Waals surface area contributed by atoms with Crippen LogP contribution >= 0.6 is 11.6 Å². The molecule has 4 nitrogen and oxygen atoms in total. The lowest BCUT2D eigenvalue weighted by molar-refractivity contribution is 0.0595. The van der Waals surface area contributed by atoms with Crippen LogP contribution in [0.2, 0.25) is 5.02 Å². The van der Waals surface area contributed by atoms with Crippen LogP contribution in [0, 0.1) is 5.82 Å². The van der Waals surface area contributed by atoms with Crippen molar-refractivity contribution >= 4 is 28.5 Å². The molecule has 1 aromatic carbocycles. The first-order chi connectivity index (χ1) is 8.08. The molecule has 90 valence electrons. The highest BCUT2D eigenvalue weighted by atomic mass is 35.5. The van der Waals surface area contributed by atoms with Crippen LogP contribution in [0.5, 0.6) is 5.75 Å². The van der Waals surface area contributed by atoms with Gasteiger partial charge in [-0.05, 0) is 6.07 Å². The molecule has 17 heavy (non-hydrogen) atoms. The molecular formula is C11H9ClFNO3. The predicted molar refractivity (Wildman–Crippen MR) is 61.2 cm³/mol. The molecule has 2 rings (SSSR count). The molecule has 0 fully saturated rings. The normalized spacial score (nSPS) is 10.6. The monoisotopic (exact) mass is 257 g/mol. The fourth-order valence-electron chi connectivity index (χ4n) is 1.59. The van der Waals surface area contributed by atoms with Crippen molar-refractivity contribution < 1.29 is 18.7 Å². The summed E-state index contributed by atoms with van der Waals surface area (Å²) >= 11 is 5.70. The minimum atomic E-state index is -0.627. The molecule has 0 bridgehead atoms. The standard InChI is InChI=1S/C11H9ClFNO3/c1-16-8-4-6(12)9(13)10-5(8)3-7(14-10)11(15)17-2/h3-4,14H,1-2H3. The van der Waals surface area contributed by atoms with Crippen molar-refractivity contribution in [3.63, 3.8) is 0 Å². The van der Waals surface area contributed by atoms with E-state index < -0.39 is 11.8 Å². The number of rotatable bonds is 2. The summed E-state index contributed by atoms with van der Waals surface area (Å²) in [6.07, 6.45) is 0. The molecule has 6 heteroatoms. The van der Waals surface area contributed by atoms with Crippen molar-refractivity contribution in [2.75, 3.05) is 14.2 Å². The zero-order valence-electron chi connectivity index (χ0n) is 9.14. The van der Waals surface area contributed by atoms with Gasteiger partial charge in [0.25, 0.3) is 0 Å². The Balaban J connectivity index is 2.74. The van der Waals surface area contributed by atoms with E-state index in [9.17, 15) is 9.18 Å². The number of hydrogen-bond acceptors (Lipinski definition) is 3. The number of methoxy groups -OCH3 is 2. The van der Waals surface area contributed by atoms with Crippen LogP contribution < -0.4 is 4.74 Å². The zero-order chi connectivity index (χ0) is 12.6. The van der Waals surface area contributed by atoms with Crippen molar-refractivity contribution in [2.24, 2.45) is 0 Å². The second-order valence-electron chi connectivity index (χ2n) is 3.34. The lowest BCUT2D eigenvalue weighted by Crippen LogP contribution is -2.00. The van der Waals surface area contributed by atoms with Crippen molar-refractivity contribution in [1.29, 1.82) is 0 Å². The predicted octanol–water partition coefficient (Wildman–Crippen LogP) is 2.76. The van der Waals surface area contributed by atoms with E-state index in [1.165, 1.54) is 26.4 Å². The van der Waals surface area contributed by atoms with Gasteiger partial charge in [-0.25, -0.2) is 9.18 Å². The Bertz CT molecular complexity index is 594. The Morgan fingerprint density at radius 2 is 2.12 bits per heavy atom. The van der Waals surface area contributed by atoms with Crippen LogP contribution in [0.15, 0.2) is 12.1 Å². The van der Waals surface area contributed by atoms with Gasteiger partial charge in [0.2, 0.25) is 0 Å². The number of hydrogen-bond donors (Lipinski definition) is 1. The summed E-state index contributed by atoms with van der Waals surface area (Å²) in [4.78, 5) is 13.9. The molecular weight excluding hydrogens is 249 g/mol. The number of esters is 1. The molecule has 1 heterocycles. The lowest BCUT2D eigenvalue weighted by atomic mass is 10.2. The number of carbonyl (C=O) groups is 1. The highest BCUT2D eigenvalue weighted by molar-refractivity contribution is 6.31. The summed E-state index contributed by atoms with van der Waals surface area (Å²) in [6.45, 7) is 0. The van der Waals surface area contributed by atoms with E-state index in [1.807, 2.05) is 0 Å². The SMILES string of the molecule is COC(=O)c1cc2c(OC)cc(Cl)c(F)c2[nH]1. The van der Waals surface area contributed by atoms with Crippen LogP contribution in [0.1, 0.15) is 10.5 Å². The third kappa shape index (κ3) is 1.82. The van der Waals surface area contributed by atoms with Gasteiger partial charge in [0, 0.05) is 11.5 Å². The van der Waals surface area contributed by atoms with Crippen molar-refractivity contribution in [1.82, 2.24) is 4.98 Å². The third-order valence-corrected chi connectivity index (χ3v) is 2.67. The van der Waals surface area contributed by atoms with E-state index >= 15 is 0 Å². The highest BCUT2D eigenvalue weighted by Crippen LogP contribution is 2.33. The highest BCUT2D eigenvalue weighted by Gasteiger charge is 2.17. The number of ether oxygens (including phenoxy) is 2. The smallest absolute Gasteiger partial charge is 0.354 e. The van der Waals surface area contributed by atoms with Gasteiger partial charge in [0.15, 0.2) is 5.82 Å². The van der Waals surface area contributed by atoms with E-state index in [1.54, 1.807) is 0 Å². The van der Waals surface area contributed by atoms with Crippen molar-refractivity contribution in [3.8, 4) is 5.75 Å². The quantitative estimate of drug-likeness (QED) is 0.842. The van der Waals surface area contributed by atoms with E-state index in [0.717, 1.165) is 0 Å². The molecule has 0 radical (unpaired) electrons. The van der Waals surface area contributed by atoms with Gasteiger partial charge < -0.3 is 14.5 Å². The van der Waals surface area contributed by atoms with Crippen molar-refractivity contribution in [3.05, 3.63) is 28.7 Å². The molecule has 0 amide bonds. The summed E-state index contributed by atoms with van der Waals surface area (Å²) < 4.78 is 23.3. The molecule has 2 aromatic rings. The van der Waals surface area contributed by atoms with Crippen molar-refractivity contribution in [2.45, 2.75) is 0 Å². The maximum atomic E-state index is 13.7. The third-order valence-electron chi connectivity index (χ3n) is 2.40. The Kier molecular flexibility index (Phi) is 2.93. The summed E-state index contributed by atoms with van der Waals surface area (Å²) in [7, 11) is 2.68. The molecule has 0 atom stereocenters. The van der Waals surface area contributed by atoms with Crippen LogP contribution in [-0.4, -0.2) is 25.2 Å². The first-order valence-electron chi connectivity index (χ1n) is 4.71. The number of carbonyl (C=O) groups excluding carboxylic acids is 1. The van der Waals surface area contributed by atoms with Gasteiger partial charge in [0.1, 0.15) is 11.4 Å². The Hall–Kier alpha value is -1.75. The average molecular weight is 258 g/mol. The number of aromatic amines is 1. The molecule has 0 aliphatic rings. The Labute approximate surface area is 101 Å². The first kappa shape index (κ1) is 11.7. The fourth-order valence-corrected chi connectivity index (χ4v) is 1.78. The van der Waals surface area contributed by atoms with Gasteiger partial charge in [-0.1, -0.05) is 11.6 Å². The first-order valence-corrected chi connectivity index (χ1v) is 5.09. The van der Waals surface area contributed by atoms with Gasteiger partial charge in [-0.2, -0.15) is 0 Å². The van der Waals surface area contributed by atoms with Gasteiger partial charge in [-0.3, -0.25) is 0 Å². The van der Waals surface area contributed by atoms with Crippen LogP contribution in [0.25, 0.3) is 10.9 Å². The van der Waals surface area contributed by atoms with E-state index in [4.69, 9.17) is 16.3 Å². The van der Waals surface area contributed by atoms with Crippen LogP contribution in [0.4, 0.5) is 4.39 Å². The topological polar surface area (TPSA) is 51.3 Å². The number of benzene rings is 1. The second kappa shape index (κ2) is 4.25. The Morgan fingerprint density at radius 1 is 1.41 bits per heavy atom. The number of halogens is 2. The lowest BCUT2D eigenvalue weighted by Gasteiger charge is -2.03. The maximum Gasteiger partial charge on any atom is 0.354 e. The molecule has 0 unspecified atom stereocenters. The summed E-state index contributed by atoms with van der Waals surface area (Å²) in [5, 5.41) is 0.363. The van der Waals surface area contributed by atoms with Crippen LogP contribution in [-0.2, 0) is 4.74 Å². The molecule has 1 N–H and O–H groups in total.